The van der Waals surface area contributed by atoms with Crippen molar-refractivity contribution in [3.63, 3.8) is 0 Å². The van der Waals surface area contributed by atoms with Crippen LogP contribution in [0.1, 0.15) is 18.1 Å². The van der Waals surface area contributed by atoms with E-state index in [1.165, 1.54) is 0 Å². The second-order valence-electron chi connectivity index (χ2n) is 6.73. The van der Waals surface area contributed by atoms with Crippen LogP contribution in [0.2, 0.25) is 5.02 Å². The van der Waals surface area contributed by atoms with Crippen molar-refractivity contribution in [2.75, 3.05) is 23.8 Å². The van der Waals surface area contributed by atoms with E-state index in [1.807, 2.05) is 68.4 Å². The molecule has 156 valence electrons. The van der Waals surface area contributed by atoms with Gasteiger partial charge in [0.25, 0.3) is 5.91 Å². The summed E-state index contributed by atoms with van der Waals surface area (Å²) in [6.45, 7) is 4.84. The summed E-state index contributed by atoms with van der Waals surface area (Å²) in [5, 5.41) is 6.75. The van der Waals surface area contributed by atoms with Gasteiger partial charge in [-0.3, -0.25) is 4.79 Å². The molecule has 0 radical (unpaired) electrons. The maximum atomic E-state index is 12.2. The zero-order valence-corrected chi connectivity index (χ0v) is 17.8. The third kappa shape index (κ3) is 6.16. The topological polar surface area (TPSA) is 59.6 Å². The Hall–Kier alpha value is -3.18. The summed E-state index contributed by atoms with van der Waals surface area (Å²) in [7, 11) is 0. The van der Waals surface area contributed by atoms with E-state index < -0.39 is 0 Å². The van der Waals surface area contributed by atoms with Gasteiger partial charge in [-0.05, 0) is 61.4 Å². The fraction of sp³-hybridized carbons (Fsp3) is 0.208. The number of rotatable bonds is 9. The first-order chi connectivity index (χ1) is 14.5. The molecule has 2 N–H and O–H groups in total. The highest BCUT2D eigenvalue weighted by Gasteiger charge is 2.10. The molecule has 0 fully saturated rings. The minimum atomic E-state index is -0.271. The van der Waals surface area contributed by atoms with Crippen LogP contribution in [0.15, 0.2) is 66.7 Å². The molecule has 3 aromatic carbocycles. The Morgan fingerprint density at radius 1 is 0.933 bits per heavy atom. The van der Waals surface area contributed by atoms with Crippen LogP contribution in [0.5, 0.6) is 11.5 Å². The Labute approximate surface area is 182 Å². The normalized spacial score (nSPS) is 10.4. The van der Waals surface area contributed by atoms with Crippen LogP contribution in [0.4, 0.5) is 11.4 Å². The number of benzene rings is 3. The lowest BCUT2D eigenvalue weighted by atomic mass is 10.2. The maximum absolute atomic E-state index is 12.2. The number of para-hydroxylation sites is 1. The Morgan fingerprint density at radius 2 is 1.73 bits per heavy atom. The maximum Gasteiger partial charge on any atom is 0.262 e. The summed E-state index contributed by atoms with van der Waals surface area (Å²) in [5.41, 5.74) is 3.68. The molecule has 0 bridgehead atoms. The molecule has 6 heteroatoms. The monoisotopic (exact) mass is 424 g/mol. The van der Waals surface area contributed by atoms with E-state index in [0.717, 1.165) is 16.8 Å². The van der Waals surface area contributed by atoms with Crippen LogP contribution in [-0.2, 0) is 11.3 Å². The summed E-state index contributed by atoms with van der Waals surface area (Å²) in [6.07, 6.45) is 0. The zero-order valence-electron chi connectivity index (χ0n) is 17.1. The van der Waals surface area contributed by atoms with Crippen molar-refractivity contribution in [3.8, 4) is 11.5 Å². The average molecular weight is 425 g/mol. The highest BCUT2D eigenvalue weighted by Crippen LogP contribution is 2.29. The van der Waals surface area contributed by atoms with Gasteiger partial charge >= 0.3 is 0 Å². The van der Waals surface area contributed by atoms with Gasteiger partial charge in [-0.1, -0.05) is 41.9 Å². The fourth-order valence-corrected chi connectivity index (χ4v) is 3.00. The molecule has 0 aliphatic carbocycles. The number of carbonyl (C=O) groups excluding carboxylic acids is 1. The summed E-state index contributed by atoms with van der Waals surface area (Å²) >= 11 is 6.10. The van der Waals surface area contributed by atoms with Crippen molar-refractivity contribution in [1.82, 2.24) is 0 Å². The summed E-state index contributed by atoms with van der Waals surface area (Å²) in [5.74, 6) is 0.862. The van der Waals surface area contributed by atoms with Gasteiger partial charge in [-0.25, -0.2) is 0 Å². The number of amides is 1. The number of halogens is 1. The molecule has 5 nitrogen and oxygen atoms in total. The molecule has 0 heterocycles. The number of hydrogen-bond acceptors (Lipinski definition) is 4. The molecule has 0 aliphatic heterocycles. The average Bonchev–Trinajstić information content (AvgIpc) is 2.75. The van der Waals surface area contributed by atoms with Crippen LogP contribution < -0.4 is 20.1 Å². The zero-order chi connectivity index (χ0) is 21.3. The molecule has 3 rings (SSSR count). The summed E-state index contributed by atoms with van der Waals surface area (Å²) in [6, 6.07) is 21.1. The van der Waals surface area contributed by atoms with Crippen LogP contribution in [0, 0.1) is 6.92 Å². The Bertz CT molecular complexity index is 993. The van der Waals surface area contributed by atoms with Crippen LogP contribution in [0.25, 0.3) is 0 Å². The first-order valence-electron chi connectivity index (χ1n) is 9.78. The number of anilines is 2. The van der Waals surface area contributed by atoms with E-state index >= 15 is 0 Å². The fourth-order valence-electron chi connectivity index (χ4n) is 2.82. The van der Waals surface area contributed by atoms with Gasteiger partial charge in [0, 0.05) is 22.9 Å². The minimum absolute atomic E-state index is 0.132. The first-order valence-corrected chi connectivity index (χ1v) is 10.2. The van der Waals surface area contributed by atoms with Gasteiger partial charge in [0.05, 0.1) is 6.61 Å². The smallest absolute Gasteiger partial charge is 0.262 e. The molecule has 0 saturated heterocycles. The molecule has 0 aliphatic rings. The van der Waals surface area contributed by atoms with Crippen molar-refractivity contribution < 1.29 is 14.3 Å². The number of carbonyl (C=O) groups is 1. The third-order valence-corrected chi connectivity index (χ3v) is 4.80. The molecule has 0 saturated carbocycles. The minimum Gasteiger partial charge on any atom is -0.490 e. The van der Waals surface area contributed by atoms with E-state index in [-0.39, 0.29) is 12.5 Å². The van der Waals surface area contributed by atoms with E-state index in [0.29, 0.717) is 35.4 Å². The van der Waals surface area contributed by atoms with Crippen LogP contribution in [0.3, 0.4) is 0 Å². The Morgan fingerprint density at radius 3 is 2.47 bits per heavy atom. The lowest BCUT2D eigenvalue weighted by Crippen LogP contribution is -2.20. The first kappa shape index (κ1) is 21.5. The molecule has 0 atom stereocenters. The van der Waals surface area contributed by atoms with Crippen LogP contribution in [-0.4, -0.2) is 19.1 Å². The standard InChI is InChI=1S/C24H25ClN2O3/c1-3-29-23-13-18(15-26-19-7-5-4-6-8-19)10-12-22(23)30-16-24(28)27-20-11-9-17(2)21(25)14-20/h4-14,26H,3,15-16H2,1-2H3,(H,27,28). The van der Waals surface area contributed by atoms with Crippen LogP contribution >= 0.6 is 11.6 Å². The number of nitrogens with one attached hydrogen (secondary N) is 2. The molecule has 0 spiro atoms. The molecule has 1 amide bonds. The van der Waals surface area contributed by atoms with E-state index in [1.54, 1.807) is 12.1 Å². The Kier molecular flexibility index (Phi) is 7.57. The van der Waals surface area contributed by atoms with Gasteiger partial charge < -0.3 is 20.1 Å². The summed E-state index contributed by atoms with van der Waals surface area (Å²) < 4.78 is 11.4. The summed E-state index contributed by atoms with van der Waals surface area (Å²) in [4.78, 5) is 12.2. The van der Waals surface area contributed by atoms with Crippen molar-refractivity contribution in [3.05, 3.63) is 82.9 Å². The van der Waals surface area contributed by atoms with E-state index in [9.17, 15) is 4.79 Å². The highest BCUT2D eigenvalue weighted by molar-refractivity contribution is 6.31. The second-order valence-corrected chi connectivity index (χ2v) is 7.14. The van der Waals surface area contributed by atoms with Gasteiger partial charge in [0.15, 0.2) is 18.1 Å². The van der Waals surface area contributed by atoms with Crippen molar-refractivity contribution in [2.24, 2.45) is 0 Å². The largest absolute Gasteiger partial charge is 0.490 e. The lowest BCUT2D eigenvalue weighted by Gasteiger charge is -2.14. The molecule has 0 aromatic heterocycles. The molecule has 0 unspecified atom stereocenters. The highest BCUT2D eigenvalue weighted by atomic mass is 35.5. The predicted molar refractivity (Wildman–Crippen MR) is 122 cm³/mol. The van der Waals surface area contributed by atoms with Crippen molar-refractivity contribution in [2.45, 2.75) is 20.4 Å². The number of aryl methyl sites for hydroxylation is 1. The molecule has 30 heavy (non-hydrogen) atoms. The predicted octanol–water partition coefficient (Wildman–Crippen LogP) is 5.68. The molecular formula is C24H25ClN2O3. The van der Waals surface area contributed by atoms with Gasteiger partial charge in [-0.2, -0.15) is 0 Å². The van der Waals surface area contributed by atoms with Crippen molar-refractivity contribution in [1.29, 1.82) is 0 Å². The number of hydrogen-bond donors (Lipinski definition) is 2. The molecular weight excluding hydrogens is 400 g/mol. The van der Waals surface area contributed by atoms with Crippen molar-refractivity contribution >= 4 is 28.9 Å². The van der Waals surface area contributed by atoms with E-state index in [2.05, 4.69) is 10.6 Å². The lowest BCUT2D eigenvalue weighted by molar-refractivity contribution is -0.118. The van der Waals surface area contributed by atoms with Gasteiger partial charge in [-0.15, -0.1) is 0 Å². The number of ether oxygens (including phenoxy) is 2. The second kappa shape index (κ2) is 10.6. The van der Waals surface area contributed by atoms with Gasteiger partial charge in [0.2, 0.25) is 0 Å². The molecule has 3 aromatic rings. The quantitative estimate of drug-likeness (QED) is 0.464. The third-order valence-electron chi connectivity index (χ3n) is 4.39. The van der Waals surface area contributed by atoms with E-state index in [4.69, 9.17) is 21.1 Å². The SMILES string of the molecule is CCOc1cc(CNc2ccccc2)ccc1OCC(=O)Nc1ccc(C)c(Cl)c1. The Balaban J connectivity index is 1.60. The van der Waals surface area contributed by atoms with Gasteiger partial charge in [0.1, 0.15) is 0 Å².